The van der Waals surface area contributed by atoms with Crippen LogP contribution in [-0.4, -0.2) is 17.1 Å². The second-order valence-electron chi connectivity index (χ2n) is 2.79. The van der Waals surface area contributed by atoms with E-state index in [0.29, 0.717) is 18.6 Å². The molecule has 15 heavy (non-hydrogen) atoms. The molecule has 0 radical (unpaired) electrons. The fourth-order valence-electron chi connectivity index (χ4n) is 1.11. The maximum Gasteiger partial charge on any atom is 0.311 e. The predicted octanol–water partition coefficient (Wildman–Crippen LogP) is 3.30. The highest BCUT2D eigenvalue weighted by atomic mass is 35.5. The summed E-state index contributed by atoms with van der Waals surface area (Å²) in [6.45, 7) is 4.00. The van der Waals surface area contributed by atoms with E-state index in [1.54, 1.807) is 12.2 Å². The molecule has 0 saturated heterocycles. The summed E-state index contributed by atoms with van der Waals surface area (Å²) in [6, 6.07) is -0.104. The molecule has 1 aliphatic carbocycles. The second-order valence-corrected chi connectivity index (χ2v) is 3.00. The summed E-state index contributed by atoms with van der Waals surface area (Å²) in [4.78, 5) is 11.0. The highest BCUT2D eigenvalue weighted by Crippen LogP contribution is 2.19. The number of hydrogen-bond donors (Lipinski definition) is 1. The molecule has 1 aliphatic rings. The number of allylic oxidation sites excluding steroid dienone is 3. The number of halogens is 1. The Bertz CT molecular complexity index is 257. The van der Waals surface area contributed by atoms with Gasteiger partial charge in [-0.15, -0.1) is 0 Å². The minimum atomic E-state index is -0.323. The average molecular weight is 233 g/mol. The van der Waals surface area contributed by atoms with E-state index in [9.17, 15) is 4.79 Å². The van der Waals surface area contributed by atoms with Crippen molar-refractivity contribution in [1.82, 2.24) is 0 Å². The first-order chi connectivity index (χ1) is 7.22. The van der Waals surface area contributed by atoms with Crippen LogP contribution in [0.3, 0.4) is 0 Å². The molecule has 0 aromatic rings. The zero-order valence-corrected chi connectivity index (χ0v) is 9.88. The van der Waals surface area contributed by atoms with Crippen molar-refractivity contribution in [3.63, 3.8) is 0 Å². The Hall–Kier alpha value is -0.960. The Kier molecular flexibility index (Phi) is 7.82. The van der Waals surface area contributed by atoms with Gasteiger partial charge >= 0.3 is 5.97 Å². The van der Waals surface area contributed by atoms with Crippen LogP contribution in [0.15, 0.2) is 23.5 Å². The highest BCUT2D eigenvalue weighted by molar-refractivity contribution is 6.17. The van der Waals surface area contributed by atoms with Crippen LogP contribution in [0, 0.1) is 0 Å². The molecule has 0 aliphatic heterocycles. The molecule has 4 heteroatoms. The standard InChI is InChI=1S/C9H11ClO3.C2H6/c10-6-13-9(12)5-7-1-3-8(11)4-2-7;1-2/h1,3,11H,2,4-6H2;1-2H3. The van der Waals surface area contributed by atoms with Gasteiger partial charge in [0.15, 0.2) is 6.07 Å². The Morgan fingerprint density at radius 1 is 1.47 bits per heavy atom. The van der Waals surface area contributed by atoms with Crippen LogP contribution in [0.1, 0.15) is 33.1 Å². The van der Waals surface area contributed by atoms with Gasteiger partial charge in [-0.1, -0.05) is 37.1 Å². The van der Waals surface area contributed by atoms with Crippen molar-refractivity contribution in [3.05, 3.63) is 23.5 Å². The van der Waals surface area contributed by atoms with Gasteiger partial charge in [0.25, 0.3) is 0 Å². The maximum absolute atomic E-state index is 11.0. The zero-order valence-electron chi connectivity index (χ0n) is 9.12. The van der Waals surface area contributed by atoms with Gasteiger partial charge in [0.05, 0.1) is 12.2 Å². The molecule has 0 saturated carbocycles. The van der Waals surface area contributed by atoms with Crippen LogP contribution < -0.4 is 0 Å². The van der Waals surface area contributed by atoms with Crippen LogP contribution in [0.2, 0.25) is 0 Å². The number of hydrogen-bond acceptors (Lipinski definition) is 3. The van der Waals surface area contributed by atoms with Crippen molar-refractivity contribution < 1.29 is 14.6 Å². The second kappa shape index (κ2) is 8.36. The molecular weight excluding hydrogens is 216 g/mol. The van der Waals surface area contributed by atoms with E-state index in [0.717, 1.165) is 5.57 Å². The van der Waals surface area contributed by atoms with Crippen molar-refractivity contribution in [2.75, 3.05) is 6.07 Å². The molecule has 0 aromatic heterocycles. The average Bonchev–Trinajstić information content (AvgIpc) is 2.25. The number of esters is 1. The SMILES string of the molecule is CC.O=C(CC1=CC=C(O)CC1)OCCl. The summed E-state index contributed by atoms with van der Waals surface area (Å²) in [6.07, 6.45) is 4.91. The van der Waals surface area contributed by atoms with Crippen LogP contribution in [0.5, 0.6) is 0 Å². The van der Waals surface area contributed by atoms with Crippen LogP contribution in [0.4, 0.5) is 0 Å². The van der Waals surface area contributed by atoms with Crippen LogP contribution in [-0.2, 0) is 9.53 Å². The minimum Gasteiger partial charge on any atom is -0.512 e. The van der Waals surface area contributed by atoms with E-state index >= 15 is 0 Å². The van der Waals surface area contributed by atoms with Crippen molar-refractivity contribution in [2.24, 2.45) is 0 Å². The number of ether oxygens (including phenoxy) is 1. The van der Waals surface area contributed by atoms with Crippen molar-refractivity contribution in [2.45, 2.75) is 33.1 Å². The summed E-state index contributed by atoms with van der Waals surface area (Å²) in [5, 5.41) is 9.04. The Labute approximate surface area is 95.4 Å². The molecule has 0 unspecified atom stereocenters. The highest BCUT2D eigenvalue weighted by Gasteiger charge is 2.10. The van der Waals surface area contributed by atoms with Crippen LogP contribution >= 0.6 is 11.6 Å². The first kappa shape index (κ1) is 14.0. The number of aliphatic hydroxyl groups is 1. The van der Waals surface area contributed by atoms with E-state index in [1.807, 2.05) is 13.8 Å². The van der Waals surface area contributed by atoms with Gasteiger partial charge in [-0.25, -0.2) is 0 Å². The molecule has 1 rings (SSSR count). The molecule has 0 amide bonds. The van der Waals surface area contributed by atoms with Gasteiger partial charge < -0.3 is 9.84 Å². The van der Waals surface area contributed by atoms with Crippen LogP contribution in [0.25, 0.3) is 0 Å². The van der Waals surface area contributed by atoms with Gasteiger partial charge in [-0.3, -0.25) is 4.79 Å². The summed E-state index contributed by atoms with van der Waals surface area (Å²) in [7, 11) is 0. The third kappa shape index (κ3) is 6.18. The predicted molar refractivity (Wildman–Crippen MR) is 60.8 cm³/mol. The maximum atomic E-state index is 11.0. The quantitative estimate of drug-likeness (QED) is 0.600. The normalized spacial score (nSPS) is 14.3. The molecule has 0 atom stereocenters. The topological polar surface area (TPSA) is 46.5 Å². The fourth-order valence-corrected chi connectivity index (χ4v) is 1.24. The number of carbonyl (C=O) groups is 1. The lowest BCUT2D eigenvalue weighted by Crippen LogP contribution is -2.05. The summed E-state index contributed by atoms with van der Waals surface area (Å²) in [5.74, 6) is 0.0329. The van der Waals surface area contributed by atoms with Gasteiger partial charge in [-0.05, 0) is 12.5 Å². The molecular formula is C11H17ClO3. The van der Waals surface area contributed by atoms with Gasteiger partial charge in [0.1, 0.15) is 0 Å². The van der Waals surface area contributed by atoms with E-state index in [1.165, 1.54) is 0 Å². The van der Waals surface area contributed by atoms with Gasteiger partial charge in [0, 0.05) is 6.42 Å². The summed E-state index contributed by atoms with van der Waals surface area (Å²) >= 11 is 5.22. The van der Waals surface area contributed by atoms with Gasteiger partial charge in [-0.2, -0.15) is 0 Å². The molecule has 0 fully saturated rings. The third-order valence-electron chi connectivity index (χ3n) is 1.80. The first-order valence-electron chi connectivity index (χ1n) is 5.01. The fraction of sp³-hybridized carbons (Fsp3) is 0.545. The third-order valence-corrected chi connectivity index (χ3v) is 1.91. The van der Waals surface area contributed by atoms with Crippen molar-refractivity contribution >= 4 is 17.6 Å². The lowest BCUT2D eigenvalue weighted by atomic mass is 10.0. The van der Waals surface area contributed by atoms with E-state index in [4.69, 9.17) is 16.7 Å². The Balaban J connectivity index is 0.000000921. The minimum absolute atomic E-state index is 0.104. The Morgan fingerprint density at radius 3 is 2.60 bits per heavy atom. The Morgan fingerprint density at radius 2 is 2.13 bits per heavy atom. The van der Waals surface area contributed by atoms with E-state index in [2.05, 4.69) is 4.74 Å². The number of carbonyl (C=O) groups excluding carboxylic acids is 1. The molecule has 86 valence electrons. The molecule has 0 aromatic carbocycles. The van der Waals surface area contributed by atoms with Crippen molar-refractivity contribution in [3.8, 4) is 0 Å². The number of aliphatic hydroxyl groups excluding tert-OH is 1. The zero-order chi connectivity index (χ0) is 11.7. The summed E-state index contributed by atoms with van der Waals surface area (Å²) < 4.78 is 4.57. The molecule has 0 bridgehead atoms. The number of rotatable bonds is 3. The van der Waals surface area contributed by atoms with E-state index in [-0.39, 0.29) is 18.5 Å². The largest absolute Gasteiger partial charge is 0.512 e. The lowest BCUT2D eigenvalue weighted by molar-refractivity contribution is -0.140. The first-order valence-corrected chi connectivity index (χ1v) is 5.55. The van der Waals surface area contributed by atoms with Crippen molar-refractivity contribution in [1.29, 1.82) is 0 Å². The van der Waals surface area contributed by atoms with Gasteiger partial charge in [0.2, 0.25) is 0 Å². The van der Waals surface area contributed by atoms with E-state index < -0.39 is 0 Å². The molecule has 3 nitrogen and oxygen atoms in total. The molecule has 0 spiro atoms. The monoisotopic (exact) mass is 232 g/mol. The molecule has 1 N–H and O–H groups in total. The number of alkyl halides is 1. The smallest absolute Gasteiger partial charge is 0.311 e. The molecule has 0 heterocycles. The lowest BCUT2D eigenvalue weighted by Gasteiger charge is -2.09. The summed E-state index contributed by atoms with van der Waals surface area (Å²) in [5.41, 5.74) is 0.966.